The van der Waals surface area contributed by atoms with Gasteiger partial charge in [0.1, 0.15) is 6.61 Å². The van der Waals surface area contributed by atoms with Gasteiger partial charge in [0.25, 0.3) is 0 Å². The van der Waals surface area contributed by atoms with E-state index in [0.717, 1.165) is 11.6 Å². The molecule has 0 unspecified atom stereocenters. The van der Waals surface area contributed by atoms with Gasteiger partial charge in [0.15, 0.2) is 0 Å². The number of hydrogen-bond donors (Lipinski definition) is 2. The molecule has 1 aliphatic rings. The highest BCUT2D eigenvalue weighted by atomic mass is 19.4. The molecule has 2 aromatic carbocycles. The molecule has 10 heteroatoms. The first-order valence-electron chi connectivity index (χ1n) is 10.8. The first kappa shape index (κ1) is 25.6. The van der Waals surface area contributed by atoms with Gasteiger partial charge in [0.05, 0.1) is 16.8 Å². The van der Waals surface area contributed by atoms with Crippen LogP contribution in [0, 0.1) is 0 Å². The second-order valence-electron chi connectivity index (χ2n) is 9.03. The maximum absolute atomic E-state index is 13.6. The average molecular weight is 476 g/mol. The Morgan fingerprint density at radius 1 is 1.06 bits per heavy atom. The van der Waals surface area contributed by atoms with Gasteiger partial charge in [-0.2, -0.15) is 13.2 Å². The van der Waals surface area contributed by atoms with Crippen LogP contribution in [-0.2, 0) is 26.8 Å². The van der Waals surface area contributed by atoms with Gasteiger partial charge in [-0.05, 0) is 50.9 Å². The zero-order valence-corrected chi connectivity index (χ0v) is 19.5. The maximum Gasteiger partial charge on any atom is 0.492 e. The summed E-state index contributed by atoms with van der Waals surface area (Å²) in [7, 11) is -1.000. The first-order valence-corrected chi connectivity index (χ1v) is 10.8. The van der Waals surface area contributed by atoms with Crippen LogP contribution in [0.15, 0.2) is 54.0 Å². The Balaban J connectivity index is 1.86. The van der Waals surface area contributed by atoms with Crippen LogP contribution < -0.4 is 11.1 Å². The van der Waals surface area contributed by atoms with Crippen LogP contribution in [0.3, 0.4) is 0 Å². The van der Waals surface area contributed by atoms with E-state index in [4.69, 9.17) is 19.8 Å². The molecular formula is C24H28BF3N2O4. The van der Waals surface area contributed by atoms with Crippen molar-refractivity contribution in [2.24, 2.45) is 0 Å². The summed E-state index contributed by atoms with van der Waals surface area (Å²) in [5.41, 5.74) is 4.31. The van der Waals surface area contributed by atoms with Crippen molar-refractivity contribution >= 4 is 25.0 Å². The number of alkyl halides is 3. The van der Waals surface area contributed by atoms with E-state index in [1.54, 1.807) is 12.1 Å². The lowest BCUT2D eigenvalue weighted by atomic mass is 9.76. The van der Waals surface area contributed by atoms with Crippen LogP contribution in [0.25, 0.3) is 6.08 Å². The number of carbonyl (C=O) groups is 1. The predicted octanol–water partition coefficient (Wildman–Crippen LogP) is 5.23. The molecule has 0 radical (unpaired) electrons. The summed E-state index contributed by atoms with van der Waals surface area (Å²) in [5, 5.41) is 2.57. The summed E-state index contributed by atoms with van der Waals surface area (Å²) in [6.45, 7) is 7.17. The predicted molar refractivity (Wildman–Crippen MR) is 125 cm³/mol. The van der Waals surface area contributed by atoms with E-state index < -0.39 is 36.2 Å². The quantitative estimate of drug-likeness (QED) is 0.441. The van der Waals surface area contributed by atoms with Crippen LogP contribution in [-0.4, -0.2) is 31.0 Å². The number of rotatable bonds is 6. The van der Waals surface area contributed by atoms with Crippen LogP contribution in [0.4, 0.5) is 23.7 Å². The number of halogens is 3. The van der Waals surface area contributed by atoms with Crippen molar-refractivity contribution in [1.29, 1.82) is 0 Å². The number of amides is 1. The summed E-state index contributed by atoms with van der Waals surface area (Å²) < 4.78 is 58.2. The SMILES string of the molecule is CC1(C)OB(C(=Cc2c(N)cccc2C(F)(F)F)CNC(=O)OCc2ccccc2)OC1(C)C. The topological polar surface area (TPSA) is 82.8 Å². The molecule has 1 heterocycles. The molecule has 0 aliphatic carbocycles. The summed E-state index contributed by atoms with van der Waals surface area (Å²) in [6.07, 6.45) is -4.09. The van der Waals surface area contributed by atoms with Crippen LogP contribution in [0.5, 0.6) is 0 Å². The molecule has 1 saturated heterocycles. The Kier molecular flexibility index (Phi) is 7.33. The van der Waals surface area contributed by atoms with E-state index in [0.29, 0.717) is 0 Å². The van der Waals surface area contributed by atoms with Gasteiger partial charge < -0.3 is 25.1 Å². The maximum atomic E-state index is 13.6. The molecule has 0 bridgehead atoms. The Hall–Kier alpha value is -2.98. The Labute approximate surface area is 197 Å². The van der Waals surface area contributed by atoms with E-state index in [1.807, 2.05) is 45.9 Å². The summed E-state index contributed by atoms with van der Waals surface area (Å²) in [6, 6.07) is 12.7. The third-order valence-corrected chi connectivity index (χ3v) is 5.98. The average Bonchev–Trinajstić information content (AvgIpc) is 2.97. The highest BCUT2D eigenvalue weighted by Gasteiger charge is 2.52. The van der Waals surface area contributed by atoms with Crippen molar-refractivity contribution in [3.05, 3.63) is 70.7 Å². The van der Waals surface area contributed by atoms with Crippen molar-refractivity contribution < 1.29 is 32.0 Å². The molecule has 1 amide bonds. The number of nitrogens with two attached hydrogens (primary N) is 1. The number of alkyl carbamates (subject to hydrolysis) is 1. The summed E-state index contributed by atoms with van der Waals surface area (Å²) in [4.78, 5) is 12.3. The second-order valence-corrected chi connectivity index (χ2v) is 9.03. The van der Waals surface area contributed by atoms with Crippen molar-refractivity contribution in [3.8, 4) is 0 Å². The normalized spacial score (nSPS) is 17.5. The minimum atomic E-state index is -4.62. The molecule has 0 aromatic heterocycles. The van der Waals surface area contributed by atoms with Crippen LogP contribution in [0.1, 0.15) is 44.4 Å². The van der Waals surface area contributed by atoms with Crippen molar-refractivity contribution in [2.75, 3.05) is 12.3 Å². The van der Waals surface area contributed by atoms with E-state index in [-0.39, 0.29) is 29.9 Å². The van der Waals surface area contributed by atoms with Gasteiger partial charge in [-0.1, -0.05) is 42.5 Å². The smallest absolute Gasteiger partial charge is 0.445 e. The molecule has 182 valence electrons. The molecule has 6 nitrogen and oxygen atoms in total. The van der Waals surface area contributed by atoms with E-state index >= 15 is 0 Å². The Morgan fingerprint density at radius 2 is 1.68 bits per heavy atom. The fourth-order valence-corrected chi connectivity index (χ4v) is 3.32. The monoisotopic (exact) mass is 476 g/mol. The molecule has 1 fully saturated rings. The molecule has 34 heavy (non-hydrogen) atoms. The second kappa shape index (κ2) is 9.72. The highest BCUT2D eigenvalue weighted by molar-refractivity contribution is 6.56. The zero-order chi connectivity index (χ0) is 25.1. The molecule has 1 aliphatic heterocycles. The third kappa shape index (κ3) is 5.93. The number of hydrogen-bond acceptors (Lipinski definition) is 5. The lowest BCUT2D eigenvalue weighted by Gasteiger charge is -2.32. The van der Waals surface area contributed by atoms with Gasteiger partial charge >= 0.3 is 19.4 Å². The first-order chi connectivity index (χ1) is 15.8. The fourth-order valence-electron chi connectivity index (χ4n) is 3.32. The number of nitrogen functional groups attached to an aromatic ring is 1. The minimum Gasteiger partial charge on any atom is -0.445 e. The van der Waals surface area contributed by atoms with Crippen LogP contribution >= 0.6 is 0 Å². The van der Waals surface area contributed by atoms with E-state index in [2.05, 4.69) is 5.32 Å². The van der Waals surface area contributed by atoms with Crippen molar-refractivity contribution in [2.45, 2.75) is 51.7 Å². The molecule has 0 spiro atoms. The molecule has 2 aromatic rings. The van der Waals surface area contributed by atoms with Gasteiger partial charge in [0.2, 0.25) is 0 Å². The van der Waals surface area contributed by atoms with Gasteiger partial charge in [-0.3, -0.25) is 0 Å². The third-order valence-electron chi connectivity index (χ3n) is 5.98. The summed E-state index contributed by atoms with van der Waals surface area (Å²) in [5.74, 6) is 0. The Bertz CT molecular complexity index is 1040. The number of ether oxygens (including phenoxy) is 1. The number of benzene rings is 2. The van der Waals surface area contributed by atoms with Gasteiger partial charge in [0, 0.05) is 17.8 Å². The molecule has 0 atom stereocenters. The lowest BCUT2D eigenvalue weighted by Crippen LogP contribution is -2.41. The lowest BCUT2D eigenvalue weighted by molar-refractivity contribution is -0.137. The Morgan fingerprint density at radius 3 is 2.26 bits per heavy atom. The number of carbonyl (C=O) groups excluding carboxylic acids is 1. The summed E-state index contributed by atoms with van der Waals surface area (Å²) >= 11 is 0. The van der Waals surface area contributed by atoms with Gasteiger partial charge in [-0.15, -0.1) is 0 Å². The molecule has 3 rings (SSSR count). The minimum absolute atomic E-state index is 0.0477. The van der Waals surface area contributed by atoms with Crippen LogP contribution in [0.2, 0.25) is 0 Å². The fraction of sp³-hybridized carbons (Fsp3) is 0.375. The number of anilines is 1. The molecule has 0 saturated carbocycles. The number of nitrogens with one attached hydrogen (secondary N) is 1. The standard InChI is InChI=1S/C24H28BF3N2O4/c1-22(2)23(3,4)34-25(33-22)17(13-18-19(24(26,27)28)11-8-12-20(18)29)14-30-21(31)32-15-16-9-6-5-7-10-16/h5-13H,14-15,29H2,1-4H3,(H,30,31). The largest absolute Gasteiger partial charge is 0.492 e. The zero-order valence-electron chi connectivity index (χ0n) is 19.5. The van der Waals surface area contributed by atoms with Gasteiger partial charge in [-0.25, -0.2) is 4.79 Å². The molecule has 3 N–H and O–H groups in total. The van der Waals surface area contributed by atoms with Crippen molar-refractivity contribution in [1.82, 2.24) is 5.32 Å². The molecular weight excluding hydrogens is 448 g/mol. The van der Waals surface area contributed by atoms with E-state index in [9.17, 15) is 18.0 Å². The highest BCUT2D eigenvalue weighted by Crippen LogP contribution is 2.40. The van der Waals surface area contributed by atoms with Crippen molar-refractivity contribution in [3.63, 3.8) is 0 Å². The van der Waals surface area contributed by atoms with E-state index in [1.165, 1.54) is 18.2 Å².